The first kappa shape index (κ1) is 15.1. The van der Waals surface area contributed by atoms with Gasteiger partial charge in [0.25, 0.3) is 0 Å². The van der Waals surface area contributed by atoms with Crippen LogP contribution < -0.4 is 0 Å². The van der Waals surface area contributed by atoms with Crippen molar-refractivity contribution in [1.29, 1.82) is 0 Å². The summed E-state index contributed by atoms with van der Waals surface area (Å²) in [4.78, 5) is 8.03. The minimum atomic E-state index is -0.259. The van der Waals surface area contributed by atoms with E-state index >= 15 is 0 Å². The number of nitrogens with zero attached hydrogens (tertiary/aromatic N) is 1. The van der Waals surface area contributed by atoms with E-state index in [1.807, 2.05) is 6.92 Å². The van der Waals surface area contributed by atoms with E-state index in [0.29, 0.717) is 11.2 Å². The first-order valence-corrected chi connectivity index (χ1v) is 8.26. The Labute approximate surface area is 128 Å². The zero-order valence-corrected chi connectivity index (χ0v) is 14.0. The van der Waals surface area contributed by atoms with Gasteiger partial charge in [0.05, 0.1) is 4.47 Å². The van der Waals surface area contributed by atoms with Crippen molar-refractivity contribution in [3.05, 3.63) is 20.6 Å². The highest BCUT2D eigenvalue weighted by Gasteiger charge is 2.37. The van der Waals surface area contributed by atoms with E-state index < -0.39 is 0 Å². The van der Waals surface area contributed by atoms with E-state index in [9.17, 15) is 0 Å². The molecular formula is C14H21BrN2OS. The van der Waals surface area contributed by atoms with Gasteiger partial charge in [-0.25, -0.2) is 4.98 Å². The maximum Gasteiger partial charge on any atom is 0.144 e. The fourth-order valence-electron chi connectivity index (χ4n) is 2.81. The summed E-state index contributed by atoms with van der Waals surface area (Å²) in [5.74, 6) is 0.916. The minimum Gasteiger partial charge on any atom is -0.367 e. The van der Waals surface area contributed by atoms with Crippen molar-refractivity contribution in [2.24, 2.45) is 0 Å². The van der Waals surface area contributed by atoms with Crippen molar-refractivity contribution in [1.82, 2.24) is 9.97 Å². The molecule has 0 bridgehead atoms. The van der Waals surface area contributed by atoms with Gasteiger partial charge in [-0.3, -0.25) is 0 Å². The predicted octanol–water partition coefficient (Wildman–Crippen LogP) is 4.66. The van der Waals surface area contributed by atoms with Gasteiger partial charge in [-0.2, -0.15) is 0 Å². The Hall–Kier alpha value is -0.260. The molecule has 3 nitrogen and oxygen atoms in total. The van der Waals surface area contributed by atoms with E-state index in [-0.39, 0.29) is 5.60 Å². The molecule has 0 atom stereocenters. The topological polar surface area (TPSA) is 37.9 Å². The zero-order chi connectivity index (χ0) is 13.9. The molecule has 1 aliphatic rings. The van der Waals surface area contributed by atoms with E-state index in [4.69, 9.17) is 17.0 Å². The third kappa shape index (κ3) is 3.09. The average molecular weight is 345 g/mol. The standard InChI is InChI=1S/C14H21BrN2OS/c1-3-10-11(15)12(19)17-13(16-10)14(18-4-2)8-6-5-7-9-14/h3-9H2,1-2H3,(H,16,17,19). The monoisotopic (exact) mass is 344 g/mol. The smallest absolute Gasteiger partial charge is 0.144 e. The summed E-state index contributed by atoms with van der Waals surface area (Å²) in [7, 11) is 0. The number of ether oxygens (including phenoxy) is 1. The number of aromatic amines is 1. The molecule has 1 saturated carbocycles. The number of nitrogens with one attached hydrogen (secondary N) is 1. The van der Waals surface area contributed by atoms with Crippen molar-refractivity contribution >= 4 is 28.1 Å². The number of H-pyrrole nitrogens is 1. The maximum absolute atomic E-state index is 6.10. The molecule has 0 saturated heterocycles. The summed E-state index contributed by atoms with van der Waals surface area (Å²) in [6.07, 6.45) is 6.64. The van der Waals surface area contributed by atoms with Crippen LogP contribution in [-0.4, -0.2) is 16.6 Å². The van der Waals surface area contributed by atoms with Gasteiger partial charge in [-0.15, -0.1) is 0 Å². The van der Waals surface area contributed by atoms with Gasteiger partial charge in [0.2, 0.25) is 0 Å². The second-order valence-electron chi connectivity index (χ2n) is 5.02. The third-order valence-electron chi connectivity index (χ3n) is 3.80. The molecule has 1 aromatic rings. The highest BCUT2D eigenvalue weighted by molar-refractivity contribution is 9.10. The van der Waals surface area contributed by atoms with Crippen LogP contribution in [0.5, 0.6) is 0 Å². The quantitative estimate of drug-likeness (QED) is 0.807. The van der Waals surface area contributed by atoms with Gasteiger partial charge < -0.3 is 9.72 Å². The lowest BCUT2D eigenvalue weighted by Crippen LogP contribution is -2.35. The van der Waals surface area contributed by atoms with Crippen LogP contribution in [0, 0.1) is 4.64 Å². The fraction of sp³-hybridized carbons (Fsp3) is 0.714. The second kappa shape index (κ2) is 6.46. The Morgan fingerprint density at radius 2 is 2.00 bits per heavy atom. The van der Waals surface area contributed by atoms with Crippen LogP contribution in [0.2, 0.25) is 0 Å². The summed E-state index contributed by atoms with van der Waals surface area (Å²) < 4.78 is 7.64. The molecule has 0 aliphatic heterocycles. The summed E-state index contributed by atoms with van der Waals surface area (Å²) in [5, 5.41) is 0. The van der Waals surface area contributed by atoms with Gasteiger partial charge in [0, 0.05) is 12.3 Å². The minimum absolute atomic E-state index is 0.259. The number of rotatable bonds is 4. The van der Waals surface area contributed by atoms with E-state index in [1.54, 1.807) is 0 Å². The normalized spacial score (nSPS) is 18.5. The Morgan fingerprint density at radius 3 is 2.58 bits per heavy atom. The van der Waals surface area contributed by atoms with Gasteiger partial charge >= 0.3 is 0 Å². The third-order valence-corrected chi connectivity index (χ3v) is 5.21. The van der Waals surface area contributed by atoms with Crippen LogP contribution >= 0.6 is 28.1 Å². The molecule has 0 radical (unpaired) electrons. The van der Waals surface area contributed by atoms with Crippen molar-refractivity contribution < 1.29 is 4.74 Å². The number of halogens is 1. The molecule has 1 fully saturated rings. The number of aryl methyl sites for hydroxylation is 1. The van der Waals surface area contributed by atoms with Crippen molar-refractivity contribution in [3.63, 3.8) is 0 Å². The van der Waals surface area contributed by atoms with Gasteiger partial charge in [-0.1, -0.05) is 38.4 Å². The van der Waals surface area contributed by atoms with Crippen LogP contribution in [0.25, 0.3) is 0 Å². The van der Waals surface area contributed by atoms with Crippen molar-refractivity contribution in [2.45, 2.75) is 58.0 Å². The first-order chi connectivity index (χ1) is 9.13. The molecule has 106 valence electrons. The molecule has 0 aromatic carbocycles. The molecular weight excluding hydrogens is 324 g/mol. The van der Waals surface area contributed by atoms with Crippen LogP contribution in [-0.2, 0) is 16.8 Å². The lowest BCUT2D eigenvalue weighted by molar-refractivity contribution is -0.0769. The molecule has 1 aromatic heterocycles. The first-order valence-electron chi connectivity index (χ1n) is 7.06. The van der Waals surface area contributed by atoms with Crippen LogP contribution in [0.15, 0.2) is 4.47 Å². The van der Waals surface area contributed by atoms with Crippen molar-refractivity contribution in [3.8, 4) is 0 Å². The SMILES string of the molecule is CCOC1(c2nc(=S)c(Br)c(CC)[nH]2)CCCCC1. The number of hydrogen-bond donors (Lipinski definition) is 1. The Kier molecular flexibility index (Phi) is 5.15. The molecule has 1 N–H and O–H groups in total. The van der Waals surface area contributed by atoms with E-state index in [2.05, 4.69) is 32.8 Å². The lowest BCUT2D eigenvalue weighted by Gasteiger charge is -2.36. The molecule has 19 heavy (non-hydrogen) atoms. The summed E-state index contributed by atoms with van der Waals surface area (Å²) in [6, 6.07) is 0. The summed E-state index contributed by atoms with van der Waals surface area (Å²) in [6.45, 7) is 4.87. The maximum atomic E-state index is 6.10. The van der Waals surface area contributed by atoms with Gasteiger partial charge in [-0.05, 0) is 42.1 Å². The predicted molar refractivity (Wildman–Crippen MR) is 82.9 cm³/mol. The van der Waals surface area contributed by atoms with Crippen LogP contribution in [0.4, 0.5) is 0 Å². The van der Waals surface area contributed by atoms with Gasteiger partial charge in [0.15, 0.2) is 0 Å². The molecule has 5 heteroatoms. The number of aromatic nitrogens is 2. The molecule has 1 heterocycles. The van der Waals surface area contributed by atoms with E-state index in [0.717, 1.165) is 35.3 Å². The molecule has 2 rings (SSSR count). The lowest BCUT2D eigenvalue weighted by atomic mass is 9.83. The summed E-state index contributed by atoms with van der Waals surface area (Å²) >= 11 is 8.88. The van der Waals surface area contributed by atoms with Crippen LogP contribution in [0.3, 0.4) is 0 Å². The Morgan fingerprint density at radius 1 is 1.32 bits per heavy atom. The van der Waals surface area contributed by atoms with Crippen molar-refractivity contribution in [2.75, 3.05) is 6.61 Å². The molecule has 0 spiro atoms. The van der Waals surface area contributed by atoms with E-state index in [1.165, 1.54) is 19.3 Å². The van der Waals surface area contributed by atoms with Crippen LogP contribution in [0.1, 0.15) is 57.5 Å². The Balaban J connectivity index is 2.47. The highest BCUT2D eigenvalue weighted by Crippen LogP contribution is 2.39. The zero-order valence-electron chi connectivity index (χ0n) is 11.6. The van der Waals surface area contributed by atoms with Gasteiger partial charge in [0.1, 0.15) is 16.1 Å². The fourth-order valence-corrected chi connectivity index (χ4v) is 3.50. The highest BCUT2D eigenvalue weighted by atomic mass is 79.9. The number of hydrogen-bond acceptors (Lipinski definition) is 3. The Bertz CT molecular complexity index is 489. The molecule has 1 aliphatic carbocycles. The second-order valence-corrected chi connectivity index (χ2v) is 6.20. The summed E-state index contributed by atoms with van der Waals surface area (Å²) in [5.41, 5.74) is 0.852. The molecule has 0 unspecified atom stereocenters. The molecule has 0 amide bonds. The largest absolute Gasteiger partial charge is 0.367 e. The average Bonchev–Trinajstić information content (AvgIpc) is 2.43.